The van der Waals surface area contributed by atoms with Crippen molar-refractivity contribution in [3.8, 4) is 0 Å². The smallest absolute Gasteiger partial charge is 0.317 e. The van der Waals surface area contributed by atoms with Crippen molar-refractivity contribution in [1.29, 1.82) is 0 Å². The van der Waals surface area contributed by atoms with Gasteiger partial charge in [-0.05, 0) is 31.1 Å². The second-order valence-corrected chi connectivity index (χ2v) is 5.95. The lowest BCUT2D eigenvalue weighted by atomic mass is 9.91. The van der Waals surface area contributed by atoms with Gasteiger partial charge in [0.25, 0.3) is 0 Å². The topological polar surface area (TPSA) is 29.5 Å². The minimum Gasteiger partial charge on any atom is -0.463 e. The highest BCUT2D eigenvalue weighted by Gasteiger charge is 2.25. The zero-order valence-corrected chi connectivity index (χ0v) is 14.8. The van der Waals surface area contributed by atoms with Crippen molar-refractivity contribution in [1.82, 2.24) is 4.90 Å². The third-order valence-corrected chi connectivity index (χ3v) is 4.40. The van der Waals surface area contributed by atoms with E-state index in [1.54, 1.807) is 0 Å². The first-order valence-electron chi connectivity index (χ1n) is 8.67. The molecule has 0 aromatic heterocycles. The Morgan fingerprint density at radius 1 is 0.917 bits per heavy atom. The maximum absolute atomic E-state index is 12.8. The van der Waals surface area contributed by atoms with Crippen LogP contribution in [0.2, 0.25) is 0 Å². The van der Waals surface area contributed by atoms with Gasteiger partial charge in [0.2, 0.25) is 0 Å². The number of rotatable bonds is 8. The van der Waals surface area contributed by atoms with Crippen molar-refractivity contribution in [2.24, 2.45) is 0 Å². The van der Waals surface area contributed by atoms with Crippen LogP contribution in [0.15, 0.2) is 60.7 Å². The maximum Gasteiger partial charge on any atom is 0.317 e. The van der Waals surface area contributed by atoms with E-state index >= 15 is 0 Å². The number of hydrogen-bond acceptors (Lipinski definition) is 3. The van der Waals surface area contributed by atoms with Crippen LogP contribution in [0, 0.1) is 0 Å². The molecule has 0 spiro atoms. The number of likely N-dealkylation sites (N-methyl/N-ethyl adjacent to an activating group) is 1. The van der Waals surface area contributed by atoms with Gasteiger partial charge >= 0.3 is 5.97 Å². The van der Waals surface area contributed by atoms with E-state index in [0.29, 0.717) is 6.61 Å². The van der Waals surface area contributed by atoms with Gasteiger partial charge in [-0.1, -0.05) is 74.5 Å². The summed E-state index contributed by atoms with van der Waals surface area (Å²) in [6.45, 7) is 8.67. The lowest BCUT2D eigenvalue weighted by Gasteiger charge is -2.26. The number of esters is 1. The van der Waals surface area contributed by atoms with E-state index in [9.17, 15) is 4.79 Å². The Bertz CT molecular complexity index is 569. The number of nitrogens with zero attached hydrogens (tertiary/aromatic N) is 1. The van der Waals surface area contributed by atoms with Gasteiger partial charge in [-0.2, -0.15) is 0 Å². The van der Waals surface area contributed by atoms with Crippen LogP contribution in [-0.4, -0.2) is 36.6 Å². The molecular weight excluding hydrogens is 298 g/mol. The van der Waals surface area contributed by atoms with Gasteiger partial charge in [0, 0.05) is 6.04 Å². The first-order chi connectivity index (χ1) is 11.7. The summed E-state index contributed by atoms with van der Waals surface area (Å²) in [7, 11) is 0. The van der Waals surface area contributed by atoms with E-state index in [1.807, 2.05) is 60.7 Å². The molecule has 0 radical (unpaired) electrons. The average Bonchev–Trinajstić information content (AvgIpc) is 2.63. The highest BCUT2D eigenvalue weighted by molar-refractivity contribution is 5.82. The van der Waals surface area contributed by atoms with E-state index in [4.69, 9.17) is 4.74 Å². The Morgan fingerprint density at radius 3 is 1.79 bits per heavy atom. The lowest BCUT2D eigenvalue weighted by molar-refractivity contribution is -0.146. The summed E-state index contributed by atoms with van der Waals surface area (Å²) in [5.41, 5.74) is 1.92. The summed E-state index contributed by atoms with van der Waals surface area (Å²) < 4.78 is 5.68. The number of carbonyl (C=O) groups excluding carboxylic acids is 1. The van der Waals surface area contributed by atoms with E-state index in [0.717, 1.165) is 24.2 Å². The van der Waals surface area contributed by atoms with Crippen molar-refractivity contribution < 1.29 is 9.53 Å². The van der Waals surface area contributed by atoms with Gasteiger partial charge in [0.15, 0.2) is 0 Å². The normalized spacial score (nSPS) is 12.4. The van der Waals surface area contributed by atoms with Gasteiger partial charge in [0.1, 0.15) is 12.5 Å². The minimum atomic E-state index is -0.378. The second kappa shape index (κ2) is 9.24. The van der Waals surface area contributed by atoms with Crippen molar-refractivity contribution in [3.63, 3.8) is 0 Å². The molecule has 24 heavy (non-hydrogen) atoms. The molecule has 0 aliphatic carbocycles. The van der Waals surface area contributed by atoms with Crippen LogP contribution in [0.3, 0.4) is 0 Å². The fraction of sp³-hybridized carbons (Fsp3) is 0.381. The van der Waals surface area contributed by atoms with Gasteiger partial charge in [0.05, 0.1) is 0 Å². The standard InChI is InChI=1S/C21H27NO2/c1-4-22(5-2)17(3)16-24-21(23)20(18-12-8-6-9-13-18)19-14-10-7-11-15-19/h6-15,17,20H,4-5,16H2,1-3H3. The van der Waals surface area contributed by atoms with Gasteiger partial charge < -0.3 is 4.74 Å². The monoisotopic (exact) mass is 325 g/mol. The molecule has 0 aliphatic heterocycles. The molecule has 0 fully saturated rings. The second-order valence-electron chi connectivity index (χ2n) is 5.95. The summed E-state index contributed by atoms with van der Waals surface area (Å²) in [4.78, 5) is 15.1. The molecule has 3 heteroatoms. The van der Waals surface area contributed by atoms with Gasteiger partial charge in [-0.25, -0.2) is 0 Å². The molecule has 2 aromatic carbocycles. The molecule has 128 valence electrons. The summed E-state index contributed by atoms with van der Waals surface area (Å²) in [5.74, 6) is -0.567. The van der Waals surface area contributed by atoms with Crippen molar-refractivity contribution in [3.05, 3.63) is 71.8 Å². The third kappa shape index (κ3) is 4.68. The Balaban J connectivity index is 2.14. The van der Waals surface area contributed by atoms with Crippen LogP contribution >= 0.6 is 0 Å². The van der Waals surface area contributed by atoms with Crippen LogP contribution in [0.25, 0.3) is 0 Å². The summed E-state index contributed by atoms with van der Waals surface area (Å²) in [6, 6.07) is 19.9. The molecule has 2 aromatic rings. The van der Waals surface area contributed by atoms with Crippen LogP contribution < -0.4 is 0 Å². The molecule has 1 unspecified atom stereocenters. The molecule has 0 bridgehead atoms. The largest absolute Gasteiger partial charge is 0.463 e. The Kier molecular flexibility index (Phi) is 7.01. The fourth-order valence-electron chi connectivity index (χ4n) is 2.99. The minimum absolute atomic E-state index is 0.189. The average molecular weight is 325 g/mol. The van der Waals surface area contributed by atoms with Crippen LogP contribution in [0.4, 0.5) is 0 Å². The molecule has 3 nitrogen and oxygen atoms in total. The van der Waals surface area contributed by atoms with E-state index in [1.165, 1.54) is 0 Å². The van der Waals surface area contributed by atoms with Crippen LogP contribution in [0.1, 0.15) is 37.8 Å². The highest BCUT2D eigenvalue weighted by Crippen LogP contribution is 2.26. The van der Waals surface area contributed by atoms with Crippen molar-refractivity contribution in [2.75, 3.05) is 19.7 Å². The third-order valence-electron chi connectivity index (χ3n) is 4.40. The predicted molar refractivity (Wildman–Crippen MR) is 98.1 cm³/mol. The van der Waals surface area contributed by atoms with Crippen molar-refractivity contribution >= 4 is 5.97 Å². The summed E-state index contributed by atoms with van der Waals surface area (Å²) >= 11 is 0. The zero-order chi connectivity index (χ0) is 17.4. The first-order valence-corrected chi connectivity index (χ1v) is 8.67. The predicted octanol–water partition coefficient (Wildman–Crippen LogP) is 4.09. The Labute approximate surface area is 145 Å². The molecule has 0 aliphatic rings. The summed E-state index contributed by atoms with van der Waals surface area (Å²) in [6.07, 6.45) is 0. The molecular formula is C21H27NO2. The molecule has 2 rings (SSSR count). The highest BCUT2D eigenvalue weighted by atomic mass is 16.5. The van der Waals surface area contributed by atoms with E-state index in [2.05, 4.69) is 25.7 Å². The summed E-state index contributed by atoms with van der Waals surface area (Å²) in [5, 5.41) is 0. The molecule has 0 saturated carbocycles. The molecule has 1 atom stereocenters. The first kappa shape index (κ1) is 18.2. The molecule has 0 amide bonds. The van der Waals surface area contributed by atoms with Gasteiger partial charge in [-0.15, -0.1) is 0 Å². The zero-order valence-electron chi connectivity index (χ0n) is 14.8. The fourth-order valence-corrected chi connectivity index (χ4v) is 2.99. The lowest BCUT2D eigenvalue weighted by Crippen LogP contribution is -2.37. The quantitative estimate of drug-likeness (QED) is 0.685. The number of hydrogen-bond donors (Lipinski definition) is 0. The van der Waals surface area contributed by atoms with Crippen molar-refractivity contribution in [2.45, 2.75) is 32.7 Å². The van der Waals surface area contributed by atoms with E-state index in [-0.39, 0.29) is 17.9 Å². The maximum atomic E-state index is 12.8. The van der Waals surface area contributed by atoms with Gasteiger partial charge in [-0.3, -0.25) is 9.69 Å². The Morgan fingerprint density at radius 2 is 1.38 bits per heavy atom. The SMILES string of the molecule is CCN(CC)C(C)COC(=O)C(c1ccccc1)c1ccccc1. The molecule has 0 saturated heterocycles. The molecule has 0 N–H and O–H groups in total. The number of carbonyl (C=O) groups is 1. The number of ether oxygens (including phenoxy) is 1. The number of benzene rings is 2. The van der Waals surface area contributed by atoms with E-state index < -0.39 is 0 Å². The van der Waals surface area contributed by atoms with Crippen LogP contribution in [-0.2, 0) is 9.53 Å². The Hall–Kier alpha value is -2.13. The molecule has 0 heterocycles. The van der Waals surface area contributed by atoms with Crippen LogP contribution in [0.5, 0.6) is 0 Å².